The number of nitrogens with one attached hydrogen (secondary N) is 1. The normalized spacial score (nSPS) is 11.1. The third kappa shape index (κ3) is 2.30. The fourth-order valence-electron chi connectivity index (χ4n) is 2.44. The first kappa shape index (κ1) is 13.5. The smallest absolute Gasteiger partial charge is 0.265 e. The number of thiophene rings is 2. The predicted molar refractivity (Wildman–Crippen MR) is 96.3 cm³/mol. The van der Waals surface area contributed by atoms with Crippen LogP contribution in [0, 0.1) is 6.92 Å². The quantitative estimate of drug-likeness (QED) is 0.505. The van der Waals surface area contributed by atoms with Crippen LogP contribution < -0.4 is 5.32 Å². The zero-order valence-corrected chi connectivity index (χ0v) is 13.6. The Balaban J connectivity index is 1.68. The molecule has 0 radical (unpaired) electrons. The van der Waals surface area contributed by atoms with Crippen LogP contribution in [0.4, 0.5) is 5.69 Å². The fourth-order valence-corrected chi connectivity index (χ4v) is 4.86. The van der Waals surface area contributed by atoms with Crippen LogP contribution in [0.25, 0.3) is 19.5 Å². The number of aryl methyl sites for hydroxylation is 1. The van der Waals surface area contributed by atoms with Gasteiger partial charge in [-0.1, -0.05) is 35.9 Å². The van der Waals surface area contributed by atoms with Gasteiger partial charge in [-0.3, -0.25) is 4.79 Å². The summed E-state index contributed by atoms with van der Waals surface area (Å²) in [6.07, 6.45) is 0. The number of benzene rings is 2. The molecular weight excluding hydrogens is 310 g/mol. The van der Waals surface area contributed by atoms with E-state index in [9.17, 15) is 4.79 Å². The van der Waals surface area contributed by atoms with E-state index in [0.29, 0.717) is 0 Å². The van der Waals surface area contributed by atoms with Gasteiger partial charge in [-0.05, 0) is 31.2 Å². The van der Waals surface area contributed by atoms with Gasteiger partial charge in [0.25, 0.3) is 5.91 Å². The number of carbonyl (C=O) groups is 1. The highest BCUT2D eigenvalue weighted by molar-refractivity contribution is 7.33. The number of hydrogen-bond donors (Lipinski definition) is 1. The third-order valence-corrected chi connectivity index (χ3v) is 6.00. The molecule has 4 rings (SSSR count). The molecular formula is C18H13NOS2. The maximum atomic E-state index is 12.4. The number of fused-ring (bicyclic) bond motifs is 3. The van der Waals surface area contributed by atoms with Gasteiger partial charge in [0.2, 0.25) is 0 Å². The van der Waals surface area contributed by atoms with E-state index < -0.39 is 0 Å². The molecule has 4 aromatic rings. The molecule has 0 spiro atoms. The van der Waals surface area contributed by atoms with E-state index in [-0.39, 0.29) is 5.91 Å². The maximum Gasteiger partial charge on any atom is 0.265 e. The average Bonchev–Trinajstić information content (AvgIpc) is 3.07. The van der Waals surface area contributed by atoms with Gasteiger partial charge in [-0.2, -0.15) is 0 Å². The minimum atomic E-state index is -0.0404. The standard InChI is InChI=1S/C18H13NOS2/c1-11-6-8-12(9-7-11)19-18(20)16-10-15-17(22-16)13-4-2-3-5-14(13)21-15/h2-10H,1H3,(H,19,20). The van der Waals surface area contributed by atoms with Crippen molar-refractivity contribution < 1.29 is 4.79 Å². The Morgan fingerprint density at radius 3 is 2.55 bits per heavy atom. The molecule has 0 unspecified atom stereocenters. The largest absolute Gasteiger partial charge is 0.321 e. The number of carbonyl (C=O) groups excluding carboxylic acids is 1. The van der Waals surface area contributed by atoms with Crippen LogP contribution in [0.2, 0.25) is 0 Å². The lowest BCUT2D eigenvalue weighted by Crippen LogP contribution is -2.09. The highest BCUT2D eigenvalue weighted by Gasteiger charge is 2.14. The minimum Gasteiger partial charge on any atom is -0.321 e. The Hall–Kier alpha value is -2.17. The first-order valence-corrected chi connectivity index (χ1v) is 8.63. The molecule has 1 amide bonds. The van der Waals surface area contributed by atoms with Gasteiger partial charge >= 0.3 is 0 Å². The SMILES string of the molecule is Cc1ccc(NC(=O)c2cc3sc4ccccc4c3s2)cc1. The van der Waals surface area contributed by atoms with E-state index in [4.69, 9.17) is 0 Å². The molecule has 0 aliphatic heterocycles. The van der Waals surface area contributed by atoms with Crippen LogP contribution in [0.3, 0.4) is 0 Å². The molecule has 4 heteroatoms. The lowest BCUT2D eigenvalue weighted by atomic mass is 10.2. The van der Waals surface area contributed by atoms with Gasteiger partial charge in [0, 0.05) is 20.5 Å². The number of anilines is 1. The summed E-state index contributed by atoms with van der Waals surface area (Å²) < 4.78 is 3.66. The summed E-state index contributed by atoms with van der Waals surface area (Å²) in [5.41, 5.74) is 2.01. The van der Waals surface area contributed by atoms with Crippen molar-refractivity contribution in [1.82, 2.24) is 0 Å². The second-order valence-electron chi connectivity index (χ2n) is 5.22. The monoisotopic (exact) mass is 323 g/mol. The molecule has 0 aliphatic rings. The molecule has 0 aliphatic carbocycles. The Labute approximate surface area is 136 Å². The zero-order valence-electron chi connectivity index (χ0n) is 11.9. The highest BCUT2D eigenvalue weighted by Crippen LogP contribution is 2.39. The van der Waals surface area contributed by atoms with Gasteiger partial charge in [0.15, 0.2) is 0 Å². The zero-order chi connectivity index (χ0) is 15.1. The summed E-state index contributed by atoms with van der Waals surface area (Å²) in [5.74, 6) is -0.0404. The van der Waals surface area contributed by atoms with E-state index in [1.165, 1.54) is 25.0 Å². The highest BCUT2D eigenvalue weighted by atomic mass is 32.1. The van der Waals surface area contributed by atoms with Gasteiger partial charge in [-0.15, -0.1) is 22.7 Å². The summed E-state index contributed by atoms with van der Waals surface area (Å²) in [7, 11) is 0. The van der Waals surface area contributed by atoms with Crippen molar-refractivity contribution in [2.45, 2.75) is 6.92 Å². The van der Waals surface area contributed by atoms with E-state index in [1.54, 1.807) is 22.7 Å². The lowest BCUT2D eigenvalue weighted by molar-refractivity contribution is 0.103. The molecule has 0 fully saturated rings. The predicted octanol–water partition coefficient (Wildman–Crippen LogP) is 5.68. The van der Waals surface area contributed by atoms with Crippen molar-refractivity contribution in [2.75, 3.05) is 5.32 Å². The van der Waals surface area contributed by atoms with Crippen LogP contribution in [-0.2, 0) is 0 Å². The Kier molecular flexibility index (Phi) is 3.21. The molecule has 1 N–H and O–H groups in total. The fraction of sp³-hybridized carbons (Fsp3) is 0.0556. The maximum absolute atomic E-state index is 12.4. The molecule has 2 aromatic carbocycles. The second-order valence-corrected chi connectivity index (χ2v) is 7.36. The van der Waals surface area contributed by atoms with Gasteiger partial charge in [0.1, 0.15) is 0 Å². The molecule has 2 nitrogen and oxygen atoms in total. The van der Waals surface area contributed by atoms with Crippen LogP contribution >= 0.6 is 22.7 Å². The molecule has 0 bridgehead atoms. The lowest BCUT2D eigenvalue weighted by Gasteiger charge is -2.03. The molecule has 108 valence electrons. The summed E-state index contributed by atoms with van der Waals surface area (Å²) in [4.78, 5) is 13.2. The molecule has 0 atom stereocenters. The van der Waals surface area contributed by atoms with E-state index in [1.807, 2.05) is 49.4 Å². The van der Waals surface area contributed by atoms with E-state index >= 15 is 0 Å². The van der Waals surface area contributed by atoms with Crippen LogP contribution in [0.5, 0.6) is 0 Å². The van der Waals surface area contributed by atoms with Gasteiger partial charge < -0.3 is 5.32 Å². The van der Waals surface area contributed by atoms with E-state index in [0.717, 1.165) is 10.6 Å². The third-order valence-electron chi connectivity index (χ3n) is 3.58. The van der Waals surface area contributed by atoms with Crippen molar-refractivity contribution in [1.29, 1.82) is 0 Å². The van der Waals surface area contributed by atoms with Crippen molar-refractivity contribution in [3.8, 4) is 0 Å². The van der Waals surface area contributed by atoms with Crippen molar-refractivity contribution in [3.63, 3.8) is 0 Å². The van der Waals surface area contributed by atoms with E-state index in [2.05, 4.69) is 17.4 Å². The Morgan fingerprint density at radius 1 is 0.955 bits per heavy atom. The minimum absolute atomic E-state index is 0.0404. The first-order valence-electron chi connectivity index (χ1n) is 7.00. The van der Waals surface area contributed by atoms with Crippen LogP contribution in [0.15, 0.2) is 54.6 Å². The van der Waals surface area contributed by atoms with Crippen LogP contribution in [0.1, 0.15) is 15.2 Å². The van der Waals surface area contributed by atoms with Crippen molar-refractivity contribution >= 4 is 53.8 Å². The van der Waals surface area contributed by atoms with Crippen molar-refractivity contribution in [3.05, 3.63) is 65.0 Å². The molecule has 2 aromatic heterocycles. The summed E-state index contributed by atoms with van der Waals surface area (Å²) in [6.45, 7) is 2.03. The Bertz CT molecular complexity index is 979. The second kappa shape index (κ2) is 5.23. The van der Waals surface area contributed by atoms with Crippen molar-refractivity contribution in [2.24, 2.45) is 0 Å². The van der Waals surface area contributed by atoms with Gasteiger partial charge in [-0.25, -0.2) is 0 Å². The number of rotatable bonds is 2. The first-order chi connectivity index (χ1) is 10.7. The molecule has 22 heavy (non-hydrogen) atoms. The summed E-state index contributed by atoms with van der Waals surface area (Å²) in [6, 6.07) is 18.2. The van der Waals surface area contributed by atoms with Gasteiger partial charge in [0.05, 0.1) is 9.58 Å². The molecule has 2 heterocycles. The average molecular weight is 323 g/mol. The Morgan fingerprint density at radius 2 is 1.73 bits per heavy atom. The summed E-state index contributed by atoms with van der Waals surface area (Å²) in [5, 5.41) is 4.20. The summed E-state index contributed by atoms with van der Waals surface area (Å²) >= 11 is 3.30. The number of amides is 1. The number of hydrogen-bond acceptors (Lipinski definition) is 3. The topological polar surface area (TPSA) is 29.1 Å². The molecule has 0 saturated heterocycles. The molecule has 0 saturated carbocycles. The van der Waals surface area contributed by atoms with Crippen LogP contribution in [-0.4, -0.2) is 5.91 Å².